The highest BCUT2D eigenvalue weighted by Gasteiger charge is 2.10. The third-order valence-electron chi connectivity index (χ3n) is 2.00. The molecule has 11 heavy (non-hydrogen) atoms. The molecule has 62 valence electrons. The van der Waals surface area contributed by atoms with Crippen molar-refractivity contribution in [2.75, 3.05) is 0 Å². The Balaban J connectivity index is 3.07. The first-order valence-corrected chi connectivity index (χ1v) is 4.20. The number of hydrogen-bond acceptors (Lipinski definition) is 1. The predicted molar refractivity (Wildman–Crippen MR) is 46.8 cm³/mol. The largest absolute Gasteiger partial charge is 0.282 e. The zero-order valence-corrected chi connectivity index (χ0v) is 7.73. The number of nitrogens with one attached hydrogen (secondary N) is 1. The van der Waals surface area contributed by atoms with Gasteiger partial charge in [0.05, 0.1) is 5.69 Å². The van der Waals surface area contributed by atoms with Gasteiger partial charge in [0, 0.05) is 5.69 Å². The highest BCUT2D eigenvalue weighted by molar-refractivity contribution is 5.27. The molecule has 0 aromatic carbocycles. The molecule has 0 spiro atoms. The maximum Gasteiger partial charge on any atom is 0.0628 e. The molecular formula is C9H16N2. The van der Waals surface area contributed by atoms with E-state index in [-0.39, 0.29) is 0 Å². The molecule has 2 nitrogen and oxygen atoms in total. The number of nitrogens with zero attached hydrogens (tertiary/aromatic N) is 1. The van der Waals surface area contributed by atoms with Crippen LogP contribution in [0.15, 0.2) is 0 Å². The fourth-order valence-electron chi connectivity index (χ4n) is 1.53. The Hall–Kier alpha value is -0.790. The second-order valence-electron chi connectivity index (χ2n) is 3.21. The molecule has 1 aromatic rings. The highest BCUT2D eigenvalue weighted by Crippen LogP contribution is 2.20. The molecule has 2 heteroatoms. The number of H-pyrrole nitrogens is 1. The molecule has 1 aromatic heterocycles. The Bertz CT molecular complexity index is 236. The average molecular weight is 152 g/mol. The minimum atomic E-state index is 0.587. The molecule has 0 aliphatic rings. The lowest BCUT2D eigenvalue weighted by Gasteiger charge is -2.04. The third-order valence-corrected chi connectivity index (χ3v) is 2.00. The molecule has 0 atom stereocenters. The third kappa shape index (κ3) is 1.44. The van der Waals surface area contributed by atoms with Crippen LogP contribution in [0.5, 0.6) is 0 Å². The second kappa shape index (κ2) is 3.07. The van der Waals surface area contributed by atoms with Gasteiger partial charge in [-0.3, -0.25) is 5.10 Å². The van der Waals surface area contributed by atoms with Crippen LogP contribution in [0.3, 0.4) is 0 Å². The van der Waals surface area contributed by atoms with Crippen molar-refractivity contribution in [1.29, 1.82) is 0 Å². The lowest BCUT2D eigenvalue weighted by atomic mass is 10.00. The number of aryl methyl sites for hydroxylation is 2. The van der Waals surface area contributed by atoms with Crippen LogP contribution in [0.4, 0.5) is 0 Å². The first-order valence-electron chi connectivity index (χ1n) is 4.20. The molecule has 0 aliphatic carbocycles. The maximum atomic E-state index is 4.18. The summed E-state index contributed by atoms with van der Waals surface area (Å²) in [5.74, 6) is 0.587. The monoisotopic (exact) mass is 152 g/mol. The summed E-state index contributed by atoms with van der Waals surface area (Å²) < 4.78 is 0. The average Bonchev–Trinajstić information content (AvgIpc) is 2.30. The SMILES string of the molecule is CCc1[nH]nc(C)c1C(C)C. The zero-order chi connectivity index (χ0) is 8.43. The number of aromatic amines is 1. The summed E-state index contributed by atoms with van der Waals surface area (Å²) in [5.41, 5.74) is 3.84. The van der Waals surface area contributed by atoms with E-state index in [1.54, 1.807) is 0 Å². The fourth-order valence-corrected chi connectivity index (χ4v) is 1.53. The molecule has 1 heterocycles. The topological polar surface area (TPSA) is 28.7 Å². The molecule has 1 N–H and O–H groups in total. The summed E-state index contributed by atoms with van der Waals surface area (Å²) >= 11 is 0. The van der Waals surface area contributed by atoms with Gasteiger partial charge in [-0.15, -0.1) is 0 Å². The minimum Gasteiger partial charge on any atom is -0.282 e. The van der Waals surface area contributed by atoms with Crippen molar-refractivity contribution in [1.82, 2.24) is 10.2 Å². The number of aromatic nitrogens is 2. The van der Waals surface area contributed by atoms with E-state index in [2.05, 4.69) is 37.9 Å². The van der Waals surface area contributed by atoms with E-state index in [1.807, 2.05) is 0 Å². The van der Waals surface area contributed by atoms with E-state index in [4.69, 9.17) is 0 Å². The van der Waals surface area contributed by atoms with E-state index in [0.29, 0.717) is 5.92 Å². The lowest BCUT2D eigenvalue weighted by molar-refractivity contribution is 0.834. The van der Waals surface area contributed by atoms with Gasteiger partial charge in [-0.2, -0.15) is 5.10 Å². The van der Waals surface area contributed by atoms with Gasteiger partial charge in [0.1, 0.15) is 0 Å². The van der Waals surface area contributed by atoms with Crippen LogP contribution in [-0.2, 0) is 6.42 Å². The molecule has 0 bridgehead atoms. The van der Waals surface area contributed by atoms with E-state index in [9.17, 15) is 0 Å². The van der Waals surface area contributed by atoms with E-state index < -0.39 is 0 Å². The Labute approximate surface area is 68.0 Å². The zero-order valence-electron chi connectivity index (χ0n) is 7.73. The summed E-state index contributed by atoms with van der Waals surface area (Å²) in [7, 11) is 0. The minimum absolute atomic E-state index is 0.587. The van der Waals surface area contributed by atoms with Crippen molar-refractivity contribution < 1.29 is 0 Å². The van der Waals surface area contributed by atoms with Gasteiger partial charge in [0.15, 0.2) is 0 Å². The summed E-state index contributed by atoms with van der Waals surface area (Å²) in [6, 6.07) is 0. The Kier molecular flexibility index (Phi) is 2.32. The van der Waals surface area contributed by atoms with Gasteiger partial charge in [0.2, 0.25) is 0 Å². The summed E-state index contributed by atoms with van der Waals surface area (Å²) in [4.78, 5) is 0. The van der Waals surface area contributed by atoms with Crippen molar-refractivity contribution in [3.05, 3.63) is 17.0 Å². The first kappa shape index (κ1) is 8.31. The van der Waals surface area contributed by atoms with Gasteiger partial charge < -0.3 is 0 Å². The fraction of sp³-hybridized carbons (Fsp3) is 0.667. The van der Waals surface area contributed by atoms with Gasteiger partial charge in [-0.05, 0) is 24.8 Å². The van der Waals surface area contributed by atoms with Crippen LogP contribution in [0.1, 0.15) is 43.6 Å². The summed E-state index contributed by atoms with van der Waals surface area (Å²) in [6.07, 6.45) is 1.05. The lowest BCUT2D eigenvalue weighted by Crippen LogP contribution is -1.93. The standard InChI is InChI=1S/C9H16N2/c1-5-8-9(6(2)3)7(4)10-11-8/h6H,5H2,1-4H3,(H,10,11). The highest BCUT2D eigenvalue weighted by atomic mass is 15.1. The quantitative estimate of drug-likeness (QED) is 0.692. The second-order valence-corrected chi connectivity index (χ2v) is 3.21. The Morgan fingerprint density at radius 3 is 2.45 bits per heavy atom. The molecule has 0 saturated heterocycles. The summed E-state index contributed by atoms with van der Waals surface area (Å²) in [6.45, 7) is 8.62. The van der Waals surface area contributed by atoms with E-state index >= 15 is 0 Å². The smallest absolute Gasteiger partial charge is 0.0628 e. The van der Waals surface area contributed by atoms with Gasteiger partial charge in [0.25, 0.3) is 0 Å². The van der Waals surface area contributed by atoms with Crippen LogP contribution >= 0.6 is 0 Å². The molecule has 0 saturated carbocycles. The predicted octanol–water partition coefficient (Wildman–Crippen LogP) is 2.40. The van der Waals surface area contributed by atoms with Gasteiger partial charge in [-0.1, -0.05) is 20.8 Å². The van der Waals surface area contributed by atoms with Crippen molar-refractivity contribution in [2.24, 2.45) is 0 Å². The Morgan fingerprint density at radius 2 is 2.09 bits per heavy atom. The van der Waals surface area contributed by atoms with Crippen LogP contribution in [0.25, 0.3) is 0 Å². The van der Waals surface area contributed by atoms with Gasteiger partial charge in [-0.25, -0.2) is 0 Å². The number of rotatable bonds is 2. The molecule has 0 radical (unpaired) electrons. The van der Waals surface area contributed by atoms with Crippen LogP contribution in [-0.4, -0.2) is 10.2 Å². The van der Waals surface area contributed by atoms with Crippen LogP contribution in [0, 0.1) is 6.92 Å². The van der Waals surface area contributed by atoms with Crippen molar-refractivity contribution in [3.8, 4) is 0 Å². The molecular weight excluding hydrogens is 136 g/mol. The van der Waals surface area contributed by atoms with Crippen molar-refractivity contribution >= 4 is 0 Å². The van der Waals surface area contributed by atoms with Crippen LogP contribution < -0.4 is 0 Å². The van der Waals surface area contributed by atoms with E-state index in [1.165, 1.54) is 11.3 Å². The summed E-state index contributed by atoms with van der Waals surface area (Å²) in [5, 5.41) is 7.24. The van der Waals surface area contributed by atoms with E-state index in [0.717, 1.165) is 12.1 Å². The van der Waals surface area contributed by atoms with Crippen molar-refractivity contribution in [2.45, 2.75) is 40.0 Å². The molecule has 0 unspecified atom stereocenters. The Morgan fingerprint density at radius 1 is 1.45 bits per heavy atom. The molecule has 0 fully saturated rings. The number of hydrogen-bond donors (Lipinski definition) is 1. The normalized spacial score (nSPS) is 11.0. The van der Waals surface area contributed by atoms with Gasteiger partial charge >= 0.3 is 0 Å². The molecule has 1 rings (SSSR count). The maximum absolute atomic E-state index is 4.18. The molecule has 0 amide bonds. The van der Waals surface area contributed by atoms with Crippen LogP contribution in [0.2, 0.25) is 0 Å². The van der Waals surface area contributed by atoms with Crippen molar-refractivity contribution in [3.63, 3.8) is 0 Å². The first-order chi connectivity index (χ1) is 5.16. The molecule has 0 aliphatic heterocycles.